The Kier molecular flexibility index (Phi) is 4.97. The van der Waals surface area contributed by atoms with Crippen LogP contribution in [0.4, 0.5) is 0 Å². The Morgan fingerprint density at radius 2 is 1.96 bits per heavy atom. The summed E-state index contributed by atoms with van der Waals surface area (Å²) < 4.78 is 0. The molecule has 1 unspecified atom stereocenters. The van der Waals surface area contributed by atoms with Crippen molar-refractivity contribution in [2.45, 2.75) is 76.2 Å². The Balaban J connectivity index is 1.45. The molecule has 1 aromatic carbocycles. The zero-order valence-corrected chi connectivity index (χ0v) is 16.3. The highest BCUT2D eigenvalue weighted by Gasteiger charge is 2.40. The number of hydrogen-bond donors (Lipinski definition) is 3. The van der Waals surface area contributed by atoms with Gasteiger partial charge in [-0.1, -0.05) is 18.2 Å². The SMILES string of the molecule is CC1(N)CCC(NCc2cccc3c2C(=O)N(C2CCC(=O)NC2=O)C3)CC1. The lowest BCUT2D eigenvalue weighted by atomic mass is 9.81. The molecular weight excluding hydrogens is 356 g/mol. The summed E-state index contributed by atoms with van der Waals surface area (Å²) in [7, 11) is 0. The number of nitrogens with one attached hydrogen (secondary N) is 2. The van der Waals surface area contributed by atoms with E-state index in [1.807, 2.05) is 18.2 Å². The van der Waals surface area contributed by atoms with Crippen molar-refractivity contribution in [3.8, 4) is 0 Å². The molecule has 1 saturated heterocycles. The monoisotopic (exact) mass is 384 g/mol. The maximum absolute atomic E-state index is 13.1. The molecular formula is C21H28N4O3. The minimum Gasteiger partial charge on any atom is -0.325 e. The molecule has 4 N–H and O–H groups in total. The third kappa shape index (κ3) is 3.69. The number of hydrogen-bond acceptors (Lipinski definition) is 5. The van der Waals surface area contributed by atoms with E-state index in [0.717, 1.165) is 36.8 Å². The van der Waals surface area contributed by atoms with Crippen molar-refractivity contribution in [3.05, 3.63) is 34.9 Å². The molecule has 4 rings (SSSR count). The van der Waals surface area contributed by atoms with Gasteiger partial charge < -0.3 is 16.0 Å². The zero-order valence-electron chi connectivity index (χ0n) is 16.3. The van der Waals surface area contributed by atoms with Crippen LogP contribution in [0.1, 0.15) is 66.9 Å². The smallest absolute Gasteiger partial charge is 0.255 e. The van der Waals surface area contributed by atoms with E-state index < -0.39 is 6.04 Å². The number of fused-ring (bicyclic) bond motifs is 1. The molecule has 0 aromatic heterocycles. The van der Waals surface area contributed by atoms with Crippen molar-refractivity contribution < 1.29 is 14.4 Å². The first kappa shape index (κ1) is 19.1. The fourth-order valence-corrected chi connectivity index (χ4v) is 4.57. The van der Waals surface area contributed by atoms with E-state index in [-0.39, 0.29) is 29.7 Å². The minimum absolute atomic E-state index is 0.0649. The normalized spacial score (nSPS) is 30.4. The lowest BCUT2D eigenvalue weighted by Crippen LogP contribution is -2.52. The maximum Gasteiger partial charge on any atom is 0.255 e. The van der Waals surface area contributed by atoms with Crippen LogP contribution in [0.2, 0.25) is 0 Å². The molecule has 0 bridgehead atoms. The van der Waals surface area contributed by atoms with Gasteiger partial charge in [-0.2, -0.15) is 0 Å². The first-order chi connectivity index (χ1) is 13.3. The molecule has 1 saturated carbocycles. The predicted octanol–water partition coefficient (Wildman–Crippen LogP) is 1.20. The number of imide groups is 1. The zero-order chi connectivity index (χ0) is 19.9. The number of nitrogens with zero attached hydrogens (tertiary/aromatic N) is 1. The van der Waals surface area contributed by atoms with Gasteiger partial charge in [0.25, 0.3) is 5.91 Å². The minimum atomic E-state index is -0.570. The van der Waals surface area contributed by atoms with Crippen LogP contribution in [0.25, 0.3) is 0 Å². The quantitative estimate of drug-likeness (QED) is 0.677. The second kappa shape index (κ2) is 7.29. The molecule has 0 spiro atoms. The highest BCUT2D eigenvalue weighted by atomic mass is 16.2. The second-order valence-corrected chi connectivity index (χ2v) is 8.66. The van der Waals surface area contributed by atoms with E-state index in [9.17, 15) is 14.4 Å². The average Bonchev–Trinajstić information content (AvgIpc) is 2.98. The van der Waals surface area contributed by atoms with Crippen LogP contribution in [-0.4, -0.2) is 40.2 Å². The summed E-state index contributed by atoms with van der Waals surface area (Å²) in [6, 6.07) is 5.74. The van der Waals surface area contributed by atoms with Crippen molar-refractivity contribution in [1.29, 1.82) is 0 Å². The van der Waals surface area contributed by atoms with E-state index in [0.29, 0.717) is 31.1 Å². The van der Waals surface area contributed by atoms with Gasteiger partial charge >= 0.3 is 0 Å². The Bertz CT molecular complexity index is 810. The van der Waals surface area contributed by atoms with Gasteiger partial charge in [-0.25, -0.2) is 0 Å². The van der Waals surface area contributed by atoms with Gasteiger partial charge in [0.2, 0.25) is 11.8 Å². The number of piperidine rings is 1. The van der Waals surface area contributed by atoms with Crippen molar-refractivity contribution in [2.75, 3.05) is 0 Å². The Hall–Kier alpha value is -2.25. The van der Waals surface area contributed by atoms with Crippen molar-refractivity contribution in [1.82, 2.24) is 15.5 Å². The molecule has 2 aliphatic heterocycles. The average molecular weight is 384 g/mol. The van der Waals surface area contributed by atoms with Gasteiger partial charge in [0, 0.05) is 36.7 Å². The van der Waals surface area contributed by atoms with Crippen LogP contribution in [0.15, 0.2) is 18.2 Å². The number of carbonyl (C=O) groups is 3. The van der Waals surface area contributed by atoms with Crippen LogP contribution >= 0.6 is 0 Å². The first-order valence-corrected chi connectivity index (χ1v) is 10.1. The van der Waals surface area contributed by atoms with Crippen LogP contribution in [0, 0.1) is 0 Å². The van der Waals surface area contributed by atoms with Gasteiger partial charge in [0.15, 0.2) is 0 Å². The fraction of sp³-hybridized carbons (Fsp3) is 0.571. The molecule has 2 fully saturated rings. The van der Waals surface area contributed by atoms with Gasteiger partial charge in [-0.05, 0) is 50.2 Å². The number of benzene rings is 1. The van der Waals surface area contributed by atoms with Gasteiger partial charge in [0.05, 0.1) is 0 Å². The molecule has 7 heteroatoms. The Morgan fingerprint density at radius 3 is 2.68 bits per heavy atom. The maximum atomic E-state index is 13.1. The van der Waals surface area contributed by atoms with E-state index in [4.69, 9.17) is 5.73 Å². The molecule has 28 heavy (non-hydrogen) atoms. The molecule has 2 heterocycles. The van der Waals surface area contributed by atoms with Crippen LogP contribution in [-0.2, 0) is 22.7 Å². The van der Waals surface area contributed by atoms with Crippen molar-refractivity contribution in [2.24, 2.45) is 5.73 Å². The summed E-state index contributed by atoms with van der Waals surface area (Å²) in [5.41, 5.74) is 8.78. The van der Waals surface area contributed by atoms with Crippen LogP contribution < -0.4 is 16.4 Å². The molecule has 1 aromatic rings. The summed E-state index contributed by atoms with van der Waals surface area (Å²) in [5.74, 6) is -0.749. The number of amides is 3. The third-order valence-corrected chi connectivity index (χ3v) is 6.35. The van der Waals surface area contributed by atoms with E-state index >= 15 is 0 Å². The topological polar surface area (TPSA) is 105 Å². The predicted molar refractivity (Wildman–Crippen MR) is 104 cm³/mol. The van der Waals surface area contributed by atoms with Crippen LogP contribution in [0.5, 0.6) is 0 Å². The van der Waals surface area contributed by atoms with Gasteiger partial charge in [0.1, 0.15) is 6.04 Å². The van der Waals surface area contributed by atoms with Crippen molar-refractivity contribution >= 4 is 17.7 Å². The molecule has 3 amide bonds. The first-order valence-electron chi connectivity index (χ1n) is 10.1. The summed E-state index contributed by atoms with van der Waals surface area (Å²) in [6.45, 7) is 3.16. The third-order valence-electron chi connectivity index (χ3n) is 6.35. The van der Waals surface area contributed by atoms with E-state index in [1.54, 1.807) is 4.90 Å². The van der Waals surface area contributed by atoms with Gasteiger partial charge in [-0.3, -0.25) is 19.7 Å². The number of carbonyl (C=O) groups excluding carboxylic acids is 3. The molecule has 0 radical (unpaired) electrons. The molecule has 7 nitrogen and oxygen atoms in total. The second-order valence-electron chi connectivity index (χ2n) is 8.66. The summed E-state index contributed by atoms with van der Waals surface area (Å²) >= 11 is 0. The van der Waals surface area contributed by atoms with E-state index in [2.05, 4.69) is 17.6 Å². The summed E-state index contributed by atoms with van der Waals surface area (Å²) in [5, 5.41) is 5.93. The summed E-state index contributed by atoms with van der Waals surface area (Å²) in [6.07, 6.45) is 4.74. The van der Waals surface area contributed by atoms with Crippen LogP contribution in [0.3, 0.4) is 0 Å². The van der Waals surface area contributed by atoms with Gasteiger partial charge in [-0.15, -0.1) is 0 Å². The summed E-state index contributed by atoms with van der Waals surface area (Å²) in [4.78, 5) is 38.3. The highest BCUT2D eigenvalue weighted by molar-refractivity contribution is 6.05. The number of rotatable bonds is 4. The molecule has 150 valence electrons. The fourth-order valence-electron chi connectivity index (χ4n) is 4.57. The molecule has 1 atom stereocenters. The highest BCUT2D eigenvalue weighted by Crippen LogP contribution is 2.30. The molecule has 1 aliphatic carbocycles. The lowest BCUT2D eigenvalue weighted by molar-refractivity contribution is -0.136. The lowest BCUT2D eigenvalue weighted by Gasteiger charge is -2.34. The van der Waals surface area contributed by atoms with Crippen molar-refractivity contribution in [3.63, 3.8) is 0 Å². The number of nitrogens with two attached hydrogens (primary N) is 1. The Morgan fingerprint density at radius 1 is 1.21 bits per heavy atom. The molecule has 3 aliphatic rings. The van der Waals surface area contributed by atoms with E-state index in [1.165, 1.54) is 0 Å². The largest absolute Gasteiger partial charge is 0.325 e. The standard InChI is InChI=1S/C21H28N4O3/c1-21(22)9-7-15(8-10-21)23-11-13-3-2-4-14-12-25(20(28)18(13)14)16-5-6-17(26)24-19(16)27/h2-4,15-16,23H,5-12,22H2,1H3,(H,24,26,27). The Labute approximate surface area is 165 Å².